The lowest BCUT2D eigenvalue weighted by atomic mass is 9.95. The number of hydrogen-bond donors (Lipinski definition) is 2. The third kappa shape index (κ3) is 3.18. The van der Waals surface area contributed by atoms with E-state index in [1.807, 2.05) is 6.92 Å². The number of carbonyl (C=O) groups is 2. The molecule has 1 saturated heterocycles. The van der Waals surface area contributed by atoms with Gasteiger partial charge in [0, 0.05) is 30.6 Å². The molecule has 0 saturated carbocycles. The summed E-state index contributed by atoms with van der Waals surface area (Å²) in [6.07, 6.45) is 3.40. The first-order valence-electron chi connectivity index (χ1n) is 8.53. The van der Waals surface area contributed by atoms with Crippen LogP contribution in [0.3, 0.4) is 0 Å². The van der Waals surface area contributed by atoms with Gasteiger partial charge in [-0.15, -0.1) is 0 Å². The molecule has 1 unspecified atom stereocenters. The van der Waals surface area contributed by atoms with Crippen LogP contribution >= 0.6 is 0 Å². The summed E-state index contributed by atoms with van der Waals surface area (Å²) in [5.41, 5.74) is -0.177. The predicted octanol–water partition coefficient (Wildman–Crippen LogP) is 2.53. The average molecular weight is 383 g/mol. The lowest BCUT2D eigenvalue weighted by molar-refractivity contribution is -0.385. The molecule has 1 aromatic heterocycles. The van der Waals surface area contributed by atoms with Crippen LogP contribution in [0, 0.1) is 10.1 Å². The van der Waals surface area contributed by atoms with Crippen LogP contribution in [0.25, 0.3) is 5.76 Å². The minimum atomic E-state index is -1.01. The van der Waals surface area contributed by atoms with Gasteiger partial charge in [0.2, 0.25) is 0 Å². The smallest absolute Gasteiger partial charge is 0.311 e. The number of phenols is 1. The van der Waals surface area contributed by atoms with Crippen molar-refractivity contribution in [3.63, 3.8) is 0 Å². The minimum absolute atomic E-state index is 0.162. The Morgan fingerprint density at radius 3 is 2.54 bits per heavy atom. The number of amides is 1. The third-order valence-electron chi connectivity index (χ3n) is 4.47. The number of aromatic nitrogens is 1. The molecule has 2 aromatic rings. The van der Waals surface area contributed by atoms with E-state index in [1.165, 1.54) is 35.5 Å². The molecule has 9 nitrogen and oxygen atoms in total. The van der Waals surface area contributed by atoms with Crippen molar-refractivity contribution in [1.82, 2.24) is 9.88 Å². The lowest BCUT2D eigenvalue weighted by Crippen LogP contribution is -2.30. The fourth-order valence-electron chi connectivity index (χ4n) is 3.22. The number of benzene rings is 1. The van der Waals surface area contributed by atoms with Gasteiger partial charge in [0.05, 0.1) is 16.5 Å². The number of pyridine rings is 1. The maximum atomic E-state index is 12.7. The molecule has 2 N–H and O–H groups in total. The van der Waals surface area contributed by atoms with Crippen molar-refractivity contribution in [2.75, 3.05) is 6.54 Å². The topological polar surface area (TPSA) is 134 Å². The summed E-state index contributed by atoms with van der Waals surface area (Å²) in [4.78, 5) is 40.8. The molecule has 28 heavy (non-hydrogen) atoms. The highest BCUT2D eigenvalue weighted by Gasteiger charge is 2.46. The Morgan fingerprint density at radius 1 is 1.25 bits per heavy atom. The van der Waals surface area contributed by atoms with Gasteiger partial charge in [-0.05, 0) is 30.2 Å². The Labute approximate surface area is 159 Å². The van der Waals surface area contributed by atoms with Crippen LogP contribution in [0.5, 0.6) is 5.75 Å². The maximum Gasteiger partial charge on any atom is 0.311 e. The van der Waals surface area contributed by atoms with E-state index in [2.05, 4.69) is 4.98 Å². The Balaban J connectivity index is 2.23. The molecule has 2 heterocycles. The monoisotopic (exact) mass is 383 g/mol. The first-order valence-corrected chi connectivity index (χ1v) is 8.53. The van der Waals surface area contributed by atoms with E-state index < -0.39 is 34.1 Å². The Hall–Kier alpha value is -3.75. The summed E-state index contributed by atoms with van der Waals surface area (Å²) in [6.45, 7) is 2.04. The number of ketones is 1. The molecule has 1 aliphatic heterocycles. The second kappa shape index (κ2) is 7.47. The number of Topliss-reactive ketones (excluding diaryl/α,β-unsaturated/α-hetero) is 1. The summed E-state index contributed by atoms with van der Waals surface area (Å²) < 4.78 is 0. The number of likely N-dealkylation sites (tertiary alicyclic amines) is 1. The van der Waals surface area contributed by atoms with E-state index in [0.717, 1.165) is 12.1 Å². The summed E-state index contributed by atoms with van der Waals surface area (Å²) in [5, 5.41) is 31.6. The number of nitro groups is 1. The van der Waals surface area contributed by atoms with E-state index in [4.69, 9.17) is 0 Å². The highest BCUT2D eigenvalue weighted by Crippen LogP contribution is 2.41. The summed E-state index contributed by atoms with van der Waals surface area (Å²) in [5.74, 6) is -2.59. The summed E-state index contributed by atoms with van der Waals surface area (Å²) in [6, 6.07) is 5.59. The molecule has 3 rings (SSSR count). The van der Waals surface area contributed by atoms with E-state index >= 15 is 0 Å². The third-order valence-corrected chi connectivity index (χ3v) is 4.47. The predicted molar refractivity (Wildman–Crippen MR) is 98.3 cm³/mol. The normalized spacial score (nSPS) is 18.5. The molecule has 1 aromatic carbocycles. The molecule has 9 heteroatoms. The largest absolute Gasteiger partial charge is 0.507 e. The standard InChI is InChI=1S/C19H17N3O6/c1-2-9-21-16(12-3-4-14(23)13(10-12)22(27)28)15(18(25)19(21)26)17(24)11-5-7-20-8-6-11/h3-8,10,16,23-24H,2,9H2,1H3/b17-15-. The van der Waals surface area contributed by atoms with Crippen LogP contribution in [0.15, 0.2) is 48.3 Å². The first kappa shape index (κ1) is 19.0. The zero-order chi connectivity index (χ0) is 20.4. The number of phenolic OH excluding ortho intramolecular Hbond substituents is 1. The molecule has 1 aliphatic rings. The highest BCUT2D eigenvalue weighted by atomic mass is 16.6. The van der Waals surface area contributed by atoms with Crippen molar-refractivity contribution < 1.29 is 24.7 Å². The molecule has 144 valence electrons. The van der Waals surface area contributed by atoms with E-state index in [0.29, 0.717) is 12.0 Å². The zero-order valence-corrected chi connectivity index (χ0v) is 14.9. The van der Waals surface area contributed by atoms with Crippen LogP contribution < -0.4 is 0 Å². The number of hydrogen-bond acceptors (Lipinski definition) is 7. The molecule has 1 fully saturated rings. The van der Waals surface area contributed by atoms with Crippen LogP contribution in [0.1, 0.15) is 30.5 Å². The van der Waals surface area contributed by atoms with Gasteiger partial charge in [-0.3, -0.25) is 24.7 Å². The molecule has 0 radical (unpaired) electrons. The maximum absolute atomic E-state index is 12.7. The fraction of sp³-hybridized carbons (Fsp3) is 0.211. The second-order valence-corrected chi connectivity index (χ2v) is 6.23. The van der Waals surface area contributed by atoms with Crippen molar-refractivity contribution in [2.45, 2.75) is 19.4 Å². The molecular weight excluding hydrogens is 366 g/mol. The van der Waals surface area contributed by atoms with Crippen LogP contribution in [0.2, 0.25) is 0 Å². The SMILES string of the molecule is CCCN1C(=O)C(=O)/C(=C(\O)c2ccncc2)C1c1ccc(O)c([N+](=O)[O-])c1. The number of rotatable bonds is 5. The second-order valence-electron chi connectivity index (χ2n) is 6.23. The first-order chi connectivity index (χ1) is 13.4. The van der Waals surface area contributed by atoms with Gasteiger partial charge in [-0.1, -0.05) is 13.0 Å². The molecule has 0 bridgehead atoms. The Morgan fingerprint density at radius 2 is 1.93 bits per heavy atom. The number of nitro benzene ring substituents is 1. The molecule has 1 amide bonds. The van der Waals surface area contributed by atoms with Crippen molar-refractivity contribution >= 4 is 23.1 Å². The molecule has 0 spiro atoms. The van der Waals surface area contributed by atoms with Crippen molar-refractivity contribution in [3.8, 4) is 5.75 Å². The van der Waals surface area contributed by atoms with Crippen molar-refractivity contribution in [2.24, 2.45) is 0 Å². The number of carbonyl (C=O) groups excluding carboxylic acids is 2. The summed E-state index contributed by atoms with van der Waals surface area (Å²) in [7, 11) is 0. The van der Waals surface area contributed by atoms with Crippen molar-refractivity contribution in [1.29, 1.82) is 0 Å². The van der Waals surface area contributed by atoms with Crippen LogP contribution in [0.4, 0.5) is 5.69 Å². The molecular formula is C19H17N3O6. The fourth-order valence-corrected chi connectivity index (χ4v) is 3.22. The quantitative estimate of drug-likeness (QED) is 0.266. The molecule has 0 aliphatic carbocycles. The lowest BCUT2D eigenvalue weighted by Gasteiger charge is -2.24. The highest BCUT2D eigenvalue weighted by molar-refractivity contribution is 6.46. The minimum Gasteiger partial charge on any atom is -0.507 e. The van der Waals surface area contributed by atoms with Gasteiger partial charge in [0.15, 0.2) is 5.75 Å². The van der Waals surface area contributed by atoms with Gasteiger partial charge in [0.1, 0.15) is 5.76 Å². The number of aliphatic hydroxyl groups excluding tert-OH is 1. The van der Waals surface area contributed by atoms with E-state index in [1.54, 1.807) is 0 Å². The average Bonchev–Trinajstić information content (AvgIpc) is 2.93. The zero-order valence-electron chi connectivity index (χ0n) is 14.9. The Bertz CT molecular complexity index is 986. The van der Waals surface area contributed by atoms with Gasteiger partial charge in [-0.2, -0.15) is 0 Å². The van der Waals surface area contributed by atoms with E-state index in [-0.39, 0.29) is 23.4 Å². The van der Waals surface area contributed by atoms with Crippen LogP contribution in [-0.2, 0) is 9.59 Å². The van der Waals surface area contributed by atoms with Gasteiger partial charge in [-0.25, -0.2) is 0 Å². The summed E-state index contributed by atoms with van der Waals surface area (Å²) >= 11 is 0. The number of aliphatic hydroxyl groups is 1. The van der Waals surface area contributed by atoms with Gasteiger partial charge < -0.3 is 15.1 Å². The molecule has 1 atom stereocenters. The van der Waals surface area contributed by atoms with Crippen LogP contribution in [-0.4, -0.2) is 43.3 Å². The Kier molecular flexibility index (Phi) is 5.08. The van der Waals surface area contributed by atoms with Gasteiger partial charge >= 0.3 is 5.69 Å². The van der Waals surface area contributed by atoms with E-state index in [9.17, 15) is 29.9 Å². The van der Waals surface area contributed by atoms with Gasteiger partial charge in [0.25, 0.3) is 11.7 Å². The van der Waals surface area contributed by atoms with Crippen molar-refractivity contribution in [3.05, 3.63) is 69.5 Å². The number of aromatic hydroxyl groups is 1. The number of nitrogens with zero attached hydrogens (tertiary/aromatic N) is 3.